The summed E-state index contributed by atoms with van der Waals surface area (Å²) in [6.45, 7) is 1.74. The van der Waals surface area contributed by atoms with Crippen molar-refractivity contribution < 1.29 is 18.4 Å². The number of nitrogens with zero attached hydrogens (tertiary/aromatic N) is 3. The zero-order valence-electron chi connectivity index (χ0n) is 16.7. The average molecular weight is 409 g/mol. The van der Waals surface area contributed by atoms with E-state index in [-0.39, 0.29) is 30.1 Å². The van der Waals surface area contributed by atoms with Crippen LogP contribution < -0.4 is 4.90 Å². The van der Waals surface area contributed by atoms with Gasteiger partial charge in [0.05, 0.1) is 5.69 Å². The molecule has 0 unspecified atom stereocenters. The highest BCUT2D eigenvalue weighted by atomic mass is 19.1. The minimum atomic E-state index is -0.580. The monoisotopic (exact) mass is 409 g/mol. The van der Waals surface area contributed by atoms with Crippen LogP contribution in [0.3, 0.4) is 0 Å². The number of aromatic nitrogens is 2. The Balaban J connectivity index is 1.71. The van der Waals surface area contributed by atoms with E-state index >= 15 is 0 Å². The van der Waals surface area contributed by atoms with Gasteiger partial charge in [-0.05, 0) is 42.8 Å². The molecule has 0 atom stereocenters. The number of hydrogen-bond donors (Lipinski definition) is 0. The number of rotatable bonds is 7. The summed E-state index contributed by atoms with van der Waals surface area (Å²) in [5.74, 6) is -1.40. The van der Waals surface area contributed by atoms with Gasteiger partial charge in [-0.15, -0.1) is 0 Å². The third kappa shape index (κ3) is 4.74. The van der Waals surface area contributed by atoms with Gasteiger partial charge in [0.1, 0.15) is 5.82 Å². The van der Waals surface area contributed by atoms with Crippen molar-refractivity contribution in [2.75, 3.05) is 11.9 Å². The molecule has 0 radical (unpaired) electrons. The summed E-state index contributed by atoms with van der Waals surface area (Å²) in [5.41, 5.74) is 1.85. The Morgan fingerprint density at radius 1 is 1.07 bits per heavy atom. The van der Waals surface area contributed by atoms with E-state index < -0.39 is 11.8 Å². The zero-order chi connectivity index (χ0) is 21.7. The van der Waals surface area contributed by atoms with Crippen LogP contribution in [0.1, 0.15) is 35.7 Å². The number of pyridine rings is 2. The molecule has 0 N–H and O–H groups in total. The van der Waals surface area contributed by atoms with Gasteiger partial charge in [0.2, 0.25) is 11.9 Å². The molecule has 0 spiro atoms. The fourth-order valence-electron chi connectivity index (χ4n) is 3.02. The van der Waals surface area contributed by atoms with Crippen molar-refractivity contribution in [1.82, 2.24) is 9.97 Å². The molecular weight excluding hydrogens is 388 g/mol. The lowest BCUT2D eigenvalue weighted by Gasteiger charge is -2.17. The van der Waals surface area contributed by atoms with Crippen LogP contribution in [-0.2, 0) is 11.2 Å². The van der Waals surface area contributed by atoms with Crippen LogP contribution >= 0.6 is 0 Å². The van der Waals surface area contributed by atoms with Gasteiger partial charge >= 0.3 is 0 Å². The number of ketones is 1. The average Bonchev–Trinajstić information content (AvgIpc) is 2.77. The second-order valence-electron chi connectivity index (χ2n) is 6.78. The molecule has 0 bridgehead atoms. The lowest BCUT2D eigenvalue weighted by molar-refractivity contribution is -0.118. The van der Waals surface area contributed by atoms with E-state index in [4.69, 9.17) is 0 Å². The molecule has 7 heteroatoms. The molecule has 3 rings (SSSR count). The molecule has 0 saturated carbocycles. The van der Waals surface area contributed by atoms with Crippen LogP contribution in [0.4, 0.5) is 14.5 Å². The summed E-state index contributed by atoms with van der Waals surface area (Å²) >= 11 is 0. The topological polar surface area (TPSA) is 63.2 Å². The van der Waals surface area contributed by atoms with Gasteiger partial charge in [0.25, 0.3) is 0 Å². The van der Waals surface area contributed by atoms with Crippen LogP contribution in [0, 0.1) is 11.8 Å². The number of carbonyl (C=O) groups excluding carboxylic acids is 2. The predicted octanol–water partition coefficient (Wildman–Crippen LogP) is 4.61. The molecule has 0 aliphatic heterocycles. The Kier molecular flexibility index (Phi) is 6.61. The molecule has 2 heterocycles. The maximum Gasteiger partial charge on any atom is 0.226 e. The normalized spacial score (nSPS) is 10.7. The van der Waals surface area contributed by atoms with E-state index in [1.807, 2.05) is 0 Å². The molecule has 0 saturated heterocycles. The third-order valence-corrected chi connectivity index (χ3v) is 4.84. The van der Waals surface area contributed by atoms with E-state index in [1.165, 1.54) is 23.4 Å². The van der Waals surface area contributed by atoms with Crippen molar-refractivity contribution in [3.05, 3.63) is 77.8 Å². The van der Waals surface area contributed by atoms with Gasteiger partial charge in [0.15, 0.2) is 5.78 Å². The Morgan fingerprint density at radius 2 is 1.87 bits per heavy atom. The van der Waals surface area contributed by atoms with Crippen LogP contribution in [0.2, 0.25) is 0 Å². The van der Waals surface area contributed by atoms with Gasteiger partial charge < -0.3 is 4.90 Å². The Hall–Kier alpha value is -3.48. The molecular formula is C23H21F2N3O2. The van der Waals surface area contributed by atoms with E-state index in [1.54, 1.807) is 50.4 Å². The number of anilines is 1. The molecule has 0 aliphatic rings. The minimum Gasteiger partial charge on any atom is -0.315 e. The van der Waals surface area contributed by atoms with Gasteiger partial charge in [-0.3, -0.25) is 14.6 Å². The fraction of sp³-hybridized carbons (Fsp3) is 0.217. The highest BCUT2D eigenvalue weighted by molar-refractivity contribution is 5.96. The van der Waals surface area contributed by atoms with E-state index in [0.29, 0.717) is 28.9 Å². The van der Waals surface area contributed by atoms with Crippen LogP contribution in [-0.4, -0.2) is 28.7 Å². The summed E-state index contributed by atoms with van der Waals surface area (Å²) < 4.78 is 28.2. The number of benzene rings is 1. The second kappa shape index (κ2) is 9.35. The minimum absolute atomic E-state index is 0.116. The quantitative estimate of drug-likeness (QED) is 0.422. The summed E-state index contributed by atoms with van der Waals surface area (Å²) in [7, 11) is 1.59. The Morgan fingerprint density at radius 3 is 2.50 bits per heavy atom. The maximum atomic E-state index is 14.6. The Bertz CT molecular complexity index is 1070. The molecule has 1 aromatic carbocycles. The van der Waals surface area contributed by atoms with Crippen molar-refractivity contribution in [1.29, 1.82) is 0 Å². The molecule has 5 nitrogen and oxygen atoms in total. The van der Waals surface area contributed by atoms with Crippen LogP contribution in [0.15, 0.2) is 54.9 Å². The zero-order valence-corrected chi connectivity index (χ0v) is 16.7. The van der Waals surface area contributed by atoms with E-state index in [9.17, 15) is 18.4 Å². The van der Waals surface area contributed by atoms with Crippen molar-refractivity contribution in [2.45, 2.75) is 26.2 Å². The first-order valence-corrected chi connectivity index (χ1v) is 9.55. The highest BCUT2D eigenvalue weighted by Gasteiger charge is 2.14. The molecule has 0 fully saturated rings. The summed E-state index contributed by atoms with van der Waals surface area (Å²) in [5, 5.41) is 0. The standard InChI is InChI=1S/C23H21F2N3O2/c1-3-22(30)28(2)17-8-9-18(19(24)13-17)20-10-6-16(14-27-20)21(29)11-7-15-5-4-12-26-23(15)25/h4-6,8-10,12-14H,3,7,11H2,1-2H3. The lowest BCUT2D eigenvalue weighted by Crippen LogP contribution is -2.25. The first-order valence-electron chi connectivity index (χ1n) is 9.55. The first-order chi connectivity index (χ1) is 14.4. The number of Topliss-reactive ketones (excluding diaryl/α,β-unsaturated/α-hetero) is 1. The maximum absolute atomic E-state index is 14.6. The van der Waals surface area contributed by atoms with Gasteiger partial charge in [-0.2, -0.15) is 4.39 Å². The number of halogens is 2. The highest BCUT2D eigenvalue weighted by Crippen LogP contribution is 2.26. The molecule has 30 heavy (non-hydrogen) atoms. The van der Waals surface area contributed by atoms with Crippen molar-refractivity contribution >= 4 is 17.4 Å². The lowest BCUT2D eigenvalue weighted by atomic mass is 10.0. The second-order valence-corrected chi connectivity index (χ2v) is 6.78. The molecule has 2 aromatic heterocycles. The number of hydrogen-bond acceptors (Lipinski definition) is 4. The SMILES string of the molecule is CCC(=O)N(C)c1ccc(-c2ccc(C(=O)CCc3cccnc3F)cn2)c(F)c1. The molecule has 0 aliphatic carbocycles. The Labute approximate surface area is 173 Å². The smallest absolute Gasteiger partial charge is 0.226 e. The predicted molar refractivity (Wildman–Crippen MR) is 110 cm³/mol. The third-order valence-electron chi connectivity index (χ3n) is 4.84. The summed E-state index contributed by atoms with van der Waals surface area (Å²) in [6, 6.07) is 10.8. The van der Waals surface area contributed by atoms with Crippen LogP contribution in [0.25, 0.3) is 11.3 Å². The first kappa shape index (κ1) is 21.2. The molecule has 3 aromatic rings. The number of carbonyl (C=O) groups is 2. The van der Waals surface area contributed by atoms with E-state index in [0.717, 1.165) is 0 Å². The fourth-order valence-corrected chi connectivity index (χ4v) is 3.02. The largest absolute Gasteiger partial charge is 0.315 e. The molecule has 1 amide bonds. The number of amides is 1. The van der Waals surface area contributed by atoms with Gasteiger partial charge in [-0.1, -0.05) is 13.0 Å². The van der Waals surface area contributed by atoms with Gasteiger partial charge in [-0.25, -0.2) is 9.37 Å². The number of aryl methyl sites for hydroxylation is 1. The van der Waals surface area contributed by atoms with Crippen molar-refractivity contribution in [3.63, 3.8) is 0 Å². The van der Waals surface area contributed by atoms with Gasteiger partial charge in [0, 0.05) is 54.7 Å². The summed E-state index contributed by atoms with van der Waals surface area (Å²) in [6.07, 6.45) is 3.42. The van der Waals surface area contributed by atoms with Crippen LogP contribution in [0.5, 0.6) is 0 Å². The van der Waals surface area contributed by atoms with Crippen molar-refractivity contribution in [2.24, 2.45) is 0 Å². The van der Waals surface area contributed by atoms with E-state index in [2.05, 4.69) is 9.97 Å². The summed E-state index contributed by atoms with van der Waals surface area (Å²) in [4.78, 5) is 33.3. The van der Waals surface area contributed by atoms with Crippen molar-refractivity contribution in [3.8, 4) is 11.3 Å². The molecule has 154 valence electrons.